The van der Waals surface area contributed by atoms with Gasteiger partial charge in [-0.05, 0) is 6.92 Å². The standard InChI is InChI=1S/C14H13N3O2/c1-10-5-7-11(8-6-10)14(16-15)12-3-2-4-13(9-12)17(18)19/h2-9H,15H2,1H3/b16-14+. The van der Waals surface area contributed by atoms with E-state index in [9.17, 15) is 10.1 Å². The predicted octanol–water partition coefficient (Wildman–Crippen LogP) is 2.61. The molecule has 5 nitrogen and oxygen atoms in total. The Balaban J connectivity index is 2.46. The Labute approximate surface area is 110 Å². The number of benzene rings is 2. The van der Waals surface area contributed by atoms with Crippen LogP contribution in [0.15, 0.2) is 53.6 Å². The molecule has 2 N–H and O–H groups in total. The summed E-state index contributed by atoms with van der Waals surface area (Å²) >= 11 is 0. The Hall–Kier alpha value is -2.69. The maximum atomic E-state index is 10.8. The third kappa shape index (κ3) is 2.77. The van der Waals surface area contributed by atoms with Gasteiger partial charge in [0.25, 0.3) is 5.69 Å². The van der Waals surface area contributed by atoms with Crippen LogP contribution in [0.4, 0.5) is 5.69 Å². The van der Waals surface area contributed by atoms with Crippen LogP contribution in [-0.2, 0) is 0 Å². The van der Waals surface area contributed by atoms with E-state index in [1.54, 1.807) is 12.1 Å². The molecule has 5 heteroatoms. The van der Waals surface area contributed by atoms with Crippen LogP contribution < -0.4 is 5.84 Å². The zero-order valence-electron chi connectivity index (χ0n) is 10.4. The number of hydrogen-bond donors (Lipinski definition) is 1. The van der Waals surface area contributed by atoms with Gasteiger partial charge in [-0.25, -0.2) is 0 Å². The Bertz CT molecular complexity index is 633. The first-order valence-electron chi connectivity index (χ1n) is 5.71. The minimum atomic E-state index is -0.438. The molecule has 0 saturated carbocycles. The van der Waals surface area contributed by atoms with Gasteiger partial charge in [-0.15, -0.1) is 0 Å². The number of nitro groups is 1. The maximum absolute atomic E-state index is 10.8. The first-order chi connectivity index (χ1) is 9.11. The number of nitrogens with two attached hydrogens (primary N) is 1. The van der Waals surface area contributed by atoms with Gasteiger partial charge in [0.1, 0.15) is 0 Å². The van der Waals surface area contributed by atoms with Crippen molar-refractivity contribution in [1.29, 1.82) is 0 Å². The van der Waals surface area contributed by atoms with Crippen molar-refractivity contribution in [2.45, 2.75) is 6.92 Å². The monoisotopic (exact) mass is 255 g/mol. The van der Waals surface area contributed by atoms with Gasteiger partial charge in [-0.2, -0.15) is 5.10 Å². The van der Waals surface area contributed by atoms with Gasteiger partial charge in [0.2, 0.25) is 0 Å². The molecule has 2 rings (SSSR count). The van der Waals surface area contributed by atoms with Crippen LogP contribution in [0.2, 0.25) is 0 Å². The van der Waals surface area contributed by atoms with E-state index in [0.29, 0.717) is 11.3 Å². The predicted molar refractivity (Wildman–Crippen MR) is 74.1 cm³/mol. The molecule has 0 bridgehead atoms. The molecule has 0 unspecified atom stereocenters. The van der Waals surface area contributed by atoms with Crippen molar-refractivity contribution in [3.05, 3.63) is 75.3 Å². The summed E-state index contributed by atoms with van der Waals surface area (Å²) in [6.45, 7) is 1.98. The highest BCUT2D eigenvalue weighted by Gasteiger charge is 2.11. The molecule has 0 heterocycles. The number of non-ortho nitro benzene ring substituents is 1. The minimum absolute atomic E-state index is 0.0192. The molecule has 0 radical (unpaired) electrons. The largest absolute Gasteiger partial charge is 0.323 e. The number of nitro benzene ring substituents is 1. The third-order valence-corrected chi connectivity index (χ3v) is 2.78. The number of hydrazone groups is 1. The van der Waals surface area contributed by atoms with Crippen LogP contribution in [0, 0.1) is 17.0 Å². The Morgan fingerprint density at radius 2 is 1.84 bits per heavy atom. The van der Waals surface area contributed by atoms with Crippen molar-refractivity contribution in [3.63, 3.8) is 0 Å². The van der Waals surface area contributed by atoms with Gasteiger partial charge >= 0.3 is 0 Å². The number of aryl methyl sites for hydroxylation is 1. The summed E-state index contributed by atoms with van der Waals surface area (Å²) in [5.74, 6) is 5.42. The Morgan fingerprint density at radius 3 is 2.42 bits per heavy atom. The van der Waals surface area contributed by atoms with Crippen molar-refractivity contribution >= 4 is 11.4 Å². The van der Waals surface area contributed by atoms with Crippen LogP contribution in [0.5, 0.6) is 0 Å². The molecular weight excluding hydrogens is 242 g/mol. The third-order valence-electron chi connectivity index (χ3n) is 2.78. The molecule has 0 amide bonds. The number of hydrogen-bond acceptors (Lipinski definition) is 4. The first-order valence-corrected chi connectivity index (χ1v) is 5.71. The topological polar surface area (TPSA) is 81.5 Å². The van der Waals surface area contributed by atoms with Gasteiger partial charge < -0.3 is 5.84 Å². The fourth-order valence-corrected chi connectivity index (χ4v) is 1.79. The highest BCUT2D eigenvalue weighted by Crippen LogP contribution is 2.17. The lowest BCUT2D eigenvalue weighted by atomic mass is 10.0. The molecule has 0 saturated heterocycles. The molecule has 96 valence electrons. The second kappa shape index (κ2) is 5.30. The summed E-state index contributed by atoms with van der Waals surface area (Å²) < 4.78 is 0. The molecule has 0 aromatic heterocycles. The molecule has 0 aliphatic heterocycles. The molecule has 2 aromatic carbocycles. The second-order valence-corrected chi connectivity index (χ2v) is 4.15. The summed E-state index contributed by atoms with van der Waals surface area (Å²) in [7, 11) is 0. The van der Waals surface area contributed by atoms with Gasteiger partial charge in [0.05, 0.1) is 10.6 Å². The quantitative estimate of drug-likeness (QED) is 0.396. The van der Waals surface area contributed by atoms with Crippen molar-refractivity contribution in [1.82, 2.24) is 0 Å². The van der Waals surface area contributed by atoms with Crippen LogP contribution in [-0.4, -0.2) is 10.6 Å². The highest BCUT2D eigenvalue weighted by molar-refractivity contribution is 6.13. The van der Waals surface area contributed by atoms with E-state index >= 15 is 0 Å². The lowest BCUT2D eigenvalue weighted by Crippen LogP contribution is -2.07. The van der Waals surface area contributed by atoms with E-state index in [-0.39, 0.29) is 5.69 Å². The molecule has 0 fully saturated rings. The van der Waals surface area contributed by atoms with E-state index in [4.69, 9.17) is 5.84 Å². The summed E-state index contributed by atoms with van der Waals surface area (Å²) in [6.07, 6.45) is 0. The zero-order valence-corrected chi connectivity index (χ0v) is 10.4. The molecule has 19 heavy (non-hydrogen) atoms. The van der Waals surface area contributed by atoms with Gasteiger partial charge in [0.15, 0.2) is 0 Å². The minimum Gasteiger partial charge on any atom is -0.323 e. The smallest absolute Gasteiger partial charge is 0.270 e. The van der Waals surface area contributed by atoms with E-state index in [1.165, 1.54) is 12.1 Å². The second-order valence-electron chi connectivity index (χ2n) is 4.15. The van der Waals surface area contributed by atoms with Crippen molar-refractivity contribution in [2.24, 2.45) is 10.9 Å². The summed E-state index contributed by atoms with van der Waals surface area (Å²) in [4.78, 5) is 10.3. The van der Waals surface area contributed by atoms with E-state index in [2.05, 4.69) is 5.10 Å². The normalized spacial score (nSPS) is 11.3. The van der Waals surface area contributed by atoms with Gasteiger partial charge in [-0.3, -0.25) is 10.1 Å². The summed E-state index contributed by atoms with van der Waals surface area (Å²) in [5, 5.41) is 14.5. The average Bonchev–Trinajstić information content (AvgIpc) is 2.42. The highest BCUT2D eigenvalue weighted by atomic mass is 16.6. The fourth-order valence-electron chi connectivity index (χ4n) is 1.79. The van der Waals surface area contributed by atoms with E-state index in [0.717, 1.165) is 11.1 Å². The lowest BCUT2D eigenvalue weighted by Gasteiger charge is -2.06. The van der Waals surface area contributed by atoms with Crippen molar-refractivity contribution in [2.75, 3.05) is 0 Å². The SMILES string of the molecule is Cc1ccc(/C(=N\N)c2cccc([N+](=O)[O-])c2)cc1. The average molecular weight is 255 g/mol. The first kappa shape index (κ1) is 12.8. The molecule has 0 aliphatic carbocycles. The lowest BCUT2D eigenvalue weighted by molar-refractivity contribution is -0.384. The Kier molecular flexibility index (Phi) is 3.56. The van der Waals surface area contributed by atoms with Crippen LogP contribution in [0.25, 0.3) is 0 Å². The molecule has 0 atom stereocenters. The van der Waals surface area contributed by atoms with Crippen LogP contribution >= 0.6 is 0 Å². The summed E-state index contributed by atoms with van der Waals surface area (Å²) in [5.41, 5.74) is 3.13. The molecule has 2 aromatic rings. The van der Waals surface area contributed by atoms with Crippen molar-refractivity contribution in [3.8, 4) is 0 Å². The van der Waals surface area contributed by atoms with Gasteiger partial charge in [0, 0.05) is 23.3 Å². The molecule has 0 aliphatic rings. The number of rotatable bonds is 3. The van der Waals surface area contributed by atoms with Crippen LogP contribution in [0.3, 0.4) is 0 Å². The zero-order chi connectivity index (χ0) is 13.8. The van der Waals surface area contributed by atoms with Gasteiger partial charge in [-0.1, -0.05) is 42.0 Å². The maximum Gasteiger partial charge on any atom is 0.270 e. The van der Waals surface area contributed by atoms with E-state index in [1.807, 2.05) is 31.2 Å². The fraction of sp³-hybridized carbons (Fsp3) is 0.0714. The Morgan fingerprint density at radius 1 is 1.16 bits per heavy atom. The number of nitrogens with zero attached hydrogens (tertiary/aromatic N) is 2. The molecular formula is C14H13N3O2. The van der Waals surface area contributed by atoms with Crippen LogP contribution in [0.1, 0.15) is 16.7 Å². The summed E-state index contributed by atoms with van der Waals surface area (Å²) in [6, 6.07) is 13.9. The van der Waals surface area contributed by atoms with E-state index < -0.39 is 4.92 Å². The molecule has 0 spiro atoms. The van der Waals surface area contributed by atoms with Crippen molar-refractivity contribution < 1.29 is 4.92 Å².